The Morgan fingerprint density at radius 2 is 2.11 bits per heavy atom. The van der Waals surface area contributed by atoms with E-state index >= 15 is 0 Å². The molecule has 1 aromatic carbocycles. The molecule has 9 heteroatoms. The number of nitrogens with zero attached hydrogens (tertiary/aromatic N) is 1. The number of rotatable bonds is 2. The minimum atomic E-state index is -4.07. The maximum atomic E-state index is 13.8. The average molecular weight is 352 g/mol. The van der Waals surface area contributed by atoms with E-state index in [0.29, 0.717) is 0 Å². The third-order valence-electron chi connectivity index (χ3n) is 2.67. The summed E-state index contributed by atoms with van der Waals surface area (Å²) in [6.45, 7) is -0.0209. The molecule has 1 fully saturated rings. The lowest BCUT2D eigenvalue weighted by molar-refractivity contribution is -0.122. The number of hydrogen-bond acceptors (Lipinski definition) is 4. The molecule has 0 radical (unpaired) electrons. The van der Waals surface area contributed by atoms with E-state index in [1.807, 2.05) is 0 Å². The number of sulfonamides is 1. The number of amides is 1. The van der Waals surface area contributed by atoms with Crippen molar-refractivity contribution < 1.29 is 17.6 Å². The quantitative estimate of drug-likeness (QED) is 0.749. The Kier molecular flexibility index (Phi) is 3.79. The van der Waals surface area contributed by atoms with E-state index in [0.717, 1.165) is 16.4 Å². The fourth-order valence-corrected chi connectivity index (χ4v) is 3.50. The Hall–Kier alpha value is -1.19. The minimum Gasteiger partial charge on any atom is -0.398 e. The molecule has 0 spiro atoms. The molecule has 1 aliphatic rings. The second-order valence-corrected chi connectivity index (χ2v) is 6.75. The highest BCUT2D eigenvalue weighted by atomic mass is 79.9. The van der Waals surface area contributed by atoms with Gasteiger partial charge in [-0.2, -0.15) is 4.31 Å². The first kappa shape index (κ1) is 14.2. The van der Waals surface area contributed by atoms with Gasteiger partial charge in [-0.15, -0.1) is 0 Å². The van der Waals surface area contributed by atoms with Crippen LogP contribution < -0.4 is 11.1 Å². The van der Waals surface area contributed by atoms with Crippen molar-refractivity contribution in [3.8, 4) is 0 Å². The molecular formula is C10H11BrFN3O3S. The molecule has 1 amide bonds. The standard InChI is InChI=1S/C10H11BrFN3O3S/c11-6-3-7(12)9(4-8(6)13)19(17,18)15-2-1-14-10(16)5-15/h3-4H,1-2,5,13H2,(H,14,16). The number of benzene rings is 1. The Morgan fingerprint density at radius 3 is 2.74 bits per heavy atom. The number of carbonyl (C=O) groups excluding carboxylic acids is 1. The molecule has 0 unspecified atom stereocenters. The van der Waals surface area contributed by atoms with E-state index in [-0.39, 0.29) is 29.8 Å². The van der Waals surface area contributed by atoms with Crippen LogP contribution in [0, 0.1) is 5.82 Å². The van der Waals surface area contributed by atoms with Crippen molar-refractivity contribution in [2.45, 2.75) is 4.90 Å². The van der Waals surface area contributed by atoms with Crippen molar-refractivity contribution in [1.82, 2.24) is 9.62 Å². The molecule has 0 aromatic heterocycles. The van der Waals surface area contributed by atoms with E-state index in [4.69, 9.17) is 5.73 Å². The Balaban J connectivity index is 2.44. The first-order chi connectivity index (χ1) is 8.82. The van der Waals surface area contributed by atoms with Crippen LogP contribution >= 0.6 is 15.9 Å². The summed E-state index contributed by atoms with van der Waals surface area (Å²) in [5.74, 6) is -1.33. The number of nitrogens with two attached hydrogens (primary N) is 1. The highest BCUT2D eigenvalue weighted by Crippen LogP contribution is 2.28. The van der Waals surface area contributed by atoms with Crippen molar-refractivity contribution in [2.24, 2.45) is 0 Å². The van der Waals surface area contributed by atoms with E-state index in [1.165, 1.54) is 0 Å². The van der Waals surface area contributed by atoms with Crippen LogP contribution in [-0.4, -0.2) is 38.3 Å². The van der Waals surface area contributed by atoms with Crippen LogP contribution in [0.3, 0.4) is 0 Å². The molecule has 1 saturated heterocycles. The molecular weight excluding hydrogens is 341 g/mol. The molecule has 3 N–H and O–H groups in total. The van der Waals surface area contributed by atoms with Gasteiger partial charge in [-0.05, 0) is 28.1 Å². The number of anilines is 1. The van der Waals surface area contributed by atoms with Crippen molar-refractivity contribution >= 4 is 37.5 Å². The number of piperazine rings is 1. The fourth-order valence-electron chi connectivity index (χ4n) is 1.70. The molecule has 19 heavy (non-hydrogen) atoms. The first-order valence-corrected chi connectivity index (χ1v) is 7.57. The largest absolute Gasteiger partial charge is 0.398 e. The van der Waals surface area contributed by atoms with Gasteiger partial charge >= 0.3 is 0 Å². The topological polar surface area (TPSA) is 92.5 Å². The van der Waals surface area contributed by atoms with E-state index < -0.39 is 26.6 Å². The second-order valence-electron chi connectivity index (χ2n) is 3.99. The van der Waals surface area contributed by atoms with Gasteiger partial charge in [0.1, 0.15) is 10.7 Å². The third kappa shape index (κ3) is 2.72. The molecule has 0 aliphatic carbocycles. The van der Waals surface area contributed by atoms with Crippen LogP contribution in [0.25, 0.3) is 0 Å². The summed E-state index contributed by atoms with van der Waals surface area (Å²) in [6.07, 6.45) is 0. The van der Waals surface area contributed by atoms with Gasteiger partial charge in [-0.1, -0.05) is 0 Å². The van der Waals surface area contributed by atoms with E-state index in [9.17, 15) is 17.6 Å². The Bertz CT molecular complexity index is 635. The lowest BCUT2D eigenvalue weighted by atomic mass is 10.3. The summed E-state index contributed by atoms with van der Waals surface area (Å²) >= 11 is 3.01. The fraction of sp³-hybridized carbons (Fsp3) is 0.300. The molecule has 6 nitrogen and oxygen atoms in total. The zero-order chi connectivity index (χ0) is 14.2. The van der Waals surface area contributed by atoms with Crippen LogP contribution in [0.4, 0.5) is 10.1 Å². The van der Waals surface area contributed by atoms with Crippen LogP contribution in [0.1, 0.15) is 0 Å². The van der Waals surface area contributed by atoms with Gasteiger partial charge in [-0.3, -0.25) is 4.79 Å². The van der Waals surface area contributed by atoms with Gasteiger partial charge in [0.15, 0.2) is 0 Å². The van der Waals surface area contributed by atoms with Gasteiger partial charge in [0, 0.05) is 23.2 Å². The summed E-state index contributed by atoms with van der Waals surface area (Å²) in [6, 6.07) is 2.04. The highest BCUT2D eigenvalue weighted by Gasteiger charge is 2.31. The number of carbonyl (C=O) groups is 1. The van der Waals surface area contributed by atoms with Gasteiger partial charge in [-0.25, -0.2) is 12.8 Å². The lowest BCUT2D eigenvalue weighted by Crippen LogP contribution is -2.49. The van der Waals surface area contributed by atoms with E-state index in [1.54, 1.807) is 0 Å². The SMILES string of the molecule is Nc1cc(S(=O)(=O)N2CCNC(=O)C2)c(F)cc1Br. The molecule has 0 atom stereocenters. The van der Waals surface area contributed by atoms with Crippen LogP contribution in [0.15, 0.2) is 21.5 Å². The lowest BCUT2D eigenvalue weighted by Gasteiger charge is -2.26. The maximum Gasteiger partial charge on any atom is 0.246 e. The van der Waals surface area contributed by atoms with Crippen LogP contribution in [0.2, 0.25) is 0 Å². The van der Waals surface area contributed by atoms with Gasteiger partial charge < -0.3 is 11.1 Å². The van der Waals surface area contributed by atoms with Crippen LogP contribution in [-0.2, 0) is 14.8 Å². The maximum absolute atomic E-state index is 13.8. The molecule has 0 bridgehead atoms. The predicted octanol–water partition coefficient (Wildman–Crippen LogP) is 0.291. The third-order valence-corrected chi connectivity index (χ3v) is 5.22. The number of nitrogen functional groups attached to an aromatic ring is 1. The molecule has 104 valence electrons. The Morgan fingerprint density at radius 1 is 1.42 bits per heavy atom. The molecule has 2 rings (SSSR count). The van der Waals surface area contributed by atoms with Crippen LogP contribution in [0.5, 0.6) is 0 Å². The Labute approximate surface area is 117 Å². The van der Waals surface area contributed by atoms with Gasteiger partial charge in [0.2, 0.25) is 15.9 Å². The van der Waals surface area contributed by atoms with Crippen molar-refractivity contribution in [3.63, 3.8) is 0 Å². The number of halogens is 2. The molecule has 1 heterocycles. The summed E-state index contributed by atoms with van der Waals surface area (Å²) in [7, 11) is -4.07. The zero-order valence-electron chi connectivity index (χ0n) is 9.69. The second kappa shape index (κ2) is 5.06. The van der Waals surface area contributed by atoms with Gasteiger partial charge in [0.05, 0.1) is 6.54 Å². The average Bonchev–Trinajstić information content (AvgIpc) is 2.33. The predicted molar refractivity (Wildman–Crippen MR) is 70.3 cm³/mol. The number of hydrogen-bond donors (Lipinski definition) is 2. The highest BCUT2D eigenvalue weighted by molar-refractivity contribution is 9.10. The molecule has 1 aliphatic heterocycles. The normalized spacial score (nSPS) is 17.3. The van der Waals surface area contributed by atoms with Gasteiger partial charge in [0.25, 0.3) is 0 Å². The van der Waals surface area contributed by atoms with Crippen molar-refractivity contribution in [3.05, 3.63) is 22.4 Å². The van der Waals surface area contributed by atoms with Crippen molar-refractivity contribution in [1.29, 1.82) is 0 Å². The molecule has 1 aromatic rings. The summed E-state index contributed by atoms with van der Waals surface area (Å²) in [4.78, 5) is 10.7. The summed E-state index contributed by atoms with van der Waals surface area (Å²) < 4.78 is 39.5. The summed E-state index contributed by atoms with van der Waals surface area (Å²) in [5.41, 5.74) is 5.68. The zero-order valence-corrected chi connectivity index (χ0v) is 12.1. The number of nitrogens with one attached hydrogen (secondary N) is 1. The first-order valence-electron chi connectivity index (χ1n) is 5.34. The monoisotopic (exact) mass is 351 g/mol. The smallest absolute Gasteiger partial charge is 0.246 e. The summed E-state index contributed by atoms with van der Waals surface area (Å²) in [5, 5.41) is 2.50. The van der Waals surface area contributed by atoms with E-state index in [2.05, 4.69) is 21.2 Å². The van der Waals surface area contributed by atoms with Crippen molar-refractivity contribution in [2.75, 3.05) is 25.4 Å². The minimum absolute atomic E-state index is 0.101. The molecule has 0 saturated carbocycles.